The van der Waals surface area contributed by atoms with Crippen LogP contribution in [0.5, 0.6) is 5.75 Å². The van der Waals surface area contributed by atoms with Crippen molar-refractivity contribution in [3.05, 3.63) is 192 Å². The molecule has 2 aromatic heterocycles. The molecule has 0 radical (unpaired) electrons. The Morgan fingerprint density at radius 2 is 1.12 bits per heavy atom. The zero-order valence-corrected chi connectivity index (χ0v) is 41.5. The maximum absolute atomic E-state index is 12.3. The molecule has 9 aromatic rings. The third-order valence-electron chi connectivity index (χ3n) is 13.4. The molecule has 9 rings (SSSR count). The zero-order chi connectivity index (χ0) is 49.9. The average Bonchev–Trinajstić information content (AvgIpc) is 3.73. The Kier molecular flexibility index (Phi) is 11.9. The second-order valence-corrected chi connectivity index (χ2v) is 20.5. The van der Waals surface area contributed by atoms with Crippen LogP contribution >= 0.6 is 0 Å². The van der Waals surface area contributed by atoms with E-state index in [1.807, 2.05) is 58.2 Å². The van der Waals surface area contributed by atoms with E-state index in [4.69, 9.17) is 12.7 Å². The van der Waals surface area contributed by atoms with Crippen LogP contribution in [0.1, 0.15) is 130 Å². The quantitative estimate of drug-likeness (QED) is 0.141. The molecule has 4 heteroatoms. The van der Waals surface area contributed by atoms with E-state index < -0.39 is 11.8 Å². The Bertz CT molecular complexity index is 3330. The monoisotopic (exact) mass is 894 g/mol. The van der Waals surface area contributed by atoms with Crippen molar-refractivity contribution in [1.82, 2.24) is 14.5 Å². The Labute approximate surface area is 407 Å². The van der Waals surface area contributed by atoms with Gasteiger partial charge in [0.05, 0.1) is 22.3 Å². The molecule has 0 unspecified atom stereocenters. The summed E-state index contributed by atoms with van der Waals surface area (Å²) in [7, 11) is 0. The molecule has 0 aliphatic rings. The summed E-state index contributed by atoms with van der Waals surface area (Å²) in [5, 5.41) is 12.3. The van der Waals surface area contributed by atoms with Gasteiger partial charge in [0.1, 0.15) is 11.6 Å². The van der Waals surface area contributed by atoms with Gasteiger partial charge in [-0.15, -0.1) is 0 Å². The fraction of sp³-hybridized carbons (Fsp3) is 0.250. The van der Waals surface area contributed by atoms with Crippen molar-refractivity contribution < 1.29 is 7.85 Å². The van der Waals surface area contributed by atoms with Crippen LogP contribution in [0.25, 0.3) is 83.9 Å². The number of aromatic hydroxyl groups is 1. The molecule has 0 spiro atoms. The summed E-state index contributed by atoms with van der Waals surface area (Å²) in [5.41, 5.74) is 18.5. The number of benzene rings is 7. The normalized spacial score (nSPS) is 12.8. The Morgan fingerprint density at radius 3 is 1.74 bits per heavy atom. The molecule has 68 heavy (non-hydrogen) atoms. The molecule has 2 heterocycles. The first-order chi connectivity index (χ1) is 33.2. The molecule has 4 nitrogen and oxygen atoms in total. The molecule has 0 fully saturated rings. The van der Waals surface area contributed by atoms with Gasteiger partial charge in [0.2, 0.25) is 0 Å². The summed E-state index contributed by atoms with van der Waals surface area (Å²) in [6, 6.07) is 55.4. The van der Waals surface area contributed by atoms with Crippen molar-refractivity contribution in [2.45, 2.75) is 105 Å². The van der Waals surface area contributed by atoms with Gasteiger partial charge in [0, 0.05) is 25.8 Å². The molecule has 0 aliphatic heterocycles. The third-order valence-corrected chi connectivity index (χ3v) is 13.4. The van der Waals surface area contributed by atoms with Crippen molar-refractivity contribution in [3.8, 4) is 78.6 Å². The van der Waals surface area contributed by atoms with E-state index >= 15 is 0 Å². The first-order valence-corrected chi connectivity index (χ1v) is 24.1. The molecule has 0 saturated carbocycles. The minimum Gasteiger partial charge on any atom is -0.507 e. The highest BCUT2D eigenvalue weighted by molar-refractivity contribution is 5.97. The van der Waals surface area contributed by atoms with Crippen molar-refractivity contribution in [1.29, 1.82) is 0 Å². The molecule has 1 N–H and O–H groups in total. The summed E-state index contributed by atoms with van der Waals surface area (Å²) in [5.74, 6) is -0.574. The highest BCUT2D eigenvalue weighted by atomic mass is 16.3. The largest absolute Gasteiger partial charge is 0.507 e. The van der Waals surface area contributed by atoms with Gasteiger partial charge in [-0.3, -0.25) is 9.55 Å². The standard InChI is InChI=1S/C64H65N3O/c1-39(2)48-36-56(42(7)8)62(68)57(37-48)63-66-61-55(21-16-22-59(61)67(63)52-29-27-46(28-30-52)60-53(40(3)4)19-15-20-54(60)41(5)6)49-33-50(35-51(34-49)64(9,10)11)58-38-47(31-32-65-58)45-25-23-44(24-26-45)43-17-13-12-14-18-43/h12-42,68H,1-11H3/i40D,41D. The number of imidazole rings is 1. The molecular weight excluding hydrogens is 827 g/mol. The minimum atomic E-state index is -0.884. The van der Waals surface area contributed by atoms with Crippen LogP contribution in [0.3, 0.4) is 0 Å². The molecule has 342 valence electrons. The summed E-state index contributed by atoms with van der Waals surface area (Å²) in [6.45, 7) is 23.0. The molecule has 0 saturated heterocycles. The van der Waals surface area contributed by atoms with Crippen molar-refractivity contribution >= 4 is 11.0 Å². The van der Waals surface area contributed by atoms with Gasteiger partial charge >= 0.3 is 0 Å². The first-order valence-electron chi connectivity index (χ1n) is 25.1. The lowest BCUT2D eigenvalue weighted by molar-refractivity contribution is 0.466. The van der Waals surface area contributed by atoms with E-state index in [1.165, 1.54) is 16.7 Å². The van der Waals surface area contributed by atoms with Crippen molar-refractivity contribution in [2.75, 3.05) is 0 Å². The molecule has 0 aliphatic carbocycles. The fourth-order valence-electron chi connectivity index (χ4n) is 9.49. The predicted octanol–water partition coefficient (Wildman–Crippen LogP) is 17.9. The van der Waals surface area contributed by atoms with Gasteiger partial charge in [0.15, 0.2) is 0 Å². The van der Waals surface area contributed by atoms with Gasteiger partial charge in [-0.2, -0.15) is 0 Å². The highest BCUT2D eigenvalue weighted by Gasteiger charge is 2.25. The lowest BCUT2D eigenvalue weighted by atomic mass is 9.83. The van der Waals surface area contributed by atoms with E-state index in [2.05, 4.69) is 186 Å². The van der Waals surface area contributed by atoms with Crippen molar-refractivity contribution in [3.63, 3.8) is 0 Å². The van der Waals surface area contributed by atoms with Crippen molar-refractivity contribution in [2.24, 2.45) is 0 Å². The zero-order valence-electron chi connectivity index (χ0n) is 43.5. The summed E-state index contributed by atoms with van der Waals surface area (Å²) >= 11 is 0. The van der Waals surface area contributed by atoms with Crippen LogP contribution in [0.4, 0.5) is 0 Å². The van der Waals surface area contributed by atoms with Crippen LogP contribution in [-0.4, -0.2) is 19.6 Å². The molecular formula is C64H65N3O. The van der Waals surface area contributed by atoms with Gasteiger partial charge < -0.3 is 5.11 Å². The SMILES string of the molecule is [2H]C(C)(C)c1cccc(C([2H])(C)C)c1-c1ccc(-n2c(-c3cc(C(C)C)cc(C(C)C)c3O)nc3c(-c4cc(-c5cc(-c6ccc(-c7ccccc7)cc6)ccn5)cc(C(C)(C)C)c4)cccc32)cc1. The fourth-order valence-corrected chi connectivity index (χ4v) is 9.49. The van der Waals surface area contributed by atoms with E-state index in [0.717, 1.165) is 83.6 Å². The second-order valence-electron chi connectivity index (χ2n) is 20.5. The number of pyridine rings is 1. The number of fused-ring (bicyclic) bond motifs is 1. The Balaban J connectivity index is 1.24. The number of aromatic nitrogens is 3. The number of hydrogen-bond acceptors (Lipinski definition) is 3. The maximum atomic E-state index is 12.3. The van der Waals surface area contributed by atoms with Gasteiger partial charge in [-0.1, -0.05) is 185 Å². The lowest BCUT2D eigenvalue weighted by Crippen LogP contribution is -2.11. The van der Waals surface area contributed by atoms with E-state index in [-0.39, 0.29) is 23.0 Å². The Morgan fingerprint density at radius 1 is 0.515 bits per heavy atom. The number of rotatable bonds is 11. The summed E-state index contributed by atoms with van der Waals surface area (Å²) < 4.78 is 20.4. The number of phenols is 1. The van der Waals surface area contributed by atoms with E-state index in [0.29, 0.717) is 11.4 Å². The van der Waals surface area contributed by atoms with Crippen LogP contribution in [0.15, 0.2) is 164 Å². The molecule has 7 aromatic carbocycles. The van der Waals surface area contributed by atoms with Crippen LogP contribution < -0.4 is 0 Å². The molecule has 0 bridgehead atoms. The Hall–Kier alpha value is -7.04. The first kappa shape index (κ1) is 43.5. The predicted molar refractivity (Wildman–Crippen MR) is 288 cm³/mol. The van der Waals surface area contributed by atoms with Gasteiger partial charge in [-0.05, 0) is 144 Å². The number of hydrogen-bond donors (Lipinski definition) is 1. The lowest BCUT2D eigenvalue weighted by Gasteiger charge is -2.22. The highest BCUT2D eigenvalue weighted by Crippen LogP contribution is 2.44. The van der Waals surface area contributed by atoms with Crippen LogP contribution in [0.2, 0.25) is 0 Å². The van der Waals surface area contributed by atoms with Gasteiger partial charge in [0.25, 0.3) is 0 Å². The average molecular weight is 894 g/mol. The van der Waals surface area contributed by atoms with Gasteiger partial charge in [-0.25, -0.2) is 4.98 Å². The second kappa shape index (κ2) is 18.6. The third kappa shape index (κ3) is 8.93. The van der Waals surface area contributed by atoms with Crippen LogP contribution in [0, 0.1) is 0 Å². The van der Waals surface area contributed by atoms with E-state index in [9.17, 15) is 5.11 Å². The number of nitrogens with zero attached hydrogens (tertiary/aromatic N) is 3. The van der Waals surface area contributed by atoms with Crippen LogP contribution in [-0.2, 0) is 5.41 Å². The number of phenolic OH excluding ortho intramolecular Hbond substituents is 1. The smallest absolute Gasteiger partial charge is 0.149 e. The summed E-state index contributed by atoms with van der Waals surface area (Å²) in [4.78, 5) is 10.6. The number of para-hydroxylation sites is 1. The summed E-state index contributed by atoms with van der Waals surface area (Å²) in [6.07, 6.45) is 1.91. The maximum Gasteiger partial charge on any atom is 0.149 e. The molecule has 0 amide bonds. The topological polar surface area (TPSA) is 50.9 Å². The molecule has 0 atom stereocenters. The van der Waals surface area contributed by atoms with E-state index in [1.54, 1.807) is 0 Å². The minimum absolute atomic E-state index is 0.0845.